The zero-order chi connectivity index (χ0) is 12.1. The lowest BCUT2D eigenvalue weighted by Gasteiger charge is -2.11. The van der Waals surface area contributed by atoms with Gasteiger partial charge in [0, 0.05) is 16.7 Å². The van der Waals surface area contributed by atoms with Crippen LogP contribution in [0, 0.1) is 6.92 Å². The fourth-order valence-corrected chi connectivity index (χ4v) is 2.51. The van der Waals surface area contributed by atoms with Gasteiger partial charge in [0.05, 0.1) is 0 Å². The van der Waals surface area contributed by atoms with Gasteiger partial charge >= 0.3 is 0 Å². The van der Waals surface area contributed by atoms with E-state index < -0.39 is 0 Å². The van der Waals surface area contributed by atoms with E-state index in [2.05, 4.69) is 43.3 Å². The van der Waals surface area contributed by atoms with Crippen molar-refractivity contribution in [2.24, 2.45) is 5.73 Å². The van der Waals surface area contributed by atoms with E-state index in [4.69, 9.17) is 5.73 Å². The lowest BCUT2D eigenvalue weighted by molar-refractivity contribution is 0.831. The van der Waals surface area contributed by atoms with Gasteiger partial charge in [0.15, 0.2) is 0 Å². The first-order valence-corrected chi connectivity index (χ1v) is 6.74. The Morgan fingerprint density at radius 2 is 1.65 bits per heavy atom. The summed E-state index contributed by atoms with van der Waals surface area (Å²) in [5.74, 6) is 0.910. The van der Waals surface area contributed by atoms with Gasteiger partial charge in [0.1, 0.15) is 0 Å². The zero-order valence-electron chi connectivity index (χ0n) is 9.97. The highest BCUT2D eigenvalue weighted by Gasteiger charge is 2.05. The van der Waals surface area contributed by atoms with E-state index in [9.17, 15) is 0 Å². The third kappa shape index (κ3) is 3.62. The number of rotatable bonds is 4. The van der Waals surface area contributed by atoms with Crippen molar-refractivity contribution in [3.05, 3.63) is 65.7 Å². The Kier molecular flexibility index (Phi) is 4.24. The molecule has 88 valence electrons. The molecule has 2 rings (SSSR count). The fraction of sp³-hybridized carbons (Fsp3) is 0.200. The number of nitrogens with two attached hydrogens (primary N) is 1. The molecule has 0 bridgehead atoms. The summed E-state index contributed by atoms with van der Waals surface area (Å²) in [4.78, 5) is 1.28. The lowest BCUT2D eigenvalue weighted by Crippen LogP contribution is -2.12. The Morgan fingerprint density at radius 1 is 1.00 bits per heavy atom. The van der Waals surface area contributed by atoms with Crippen LogP contribution in [0.1, 0.15) is 17.2 Å². The van der Waals surface area contributed by atoms with Gasteiger partial charge in [-0.15, -0.1) is 11.8 Å². The maximum atomic E-state index is 6.15. The largest absolute Gasteiger partial charge is 0.323 e. The van der Waals surface area contributed by atoms with Crippen LogP contribution in [-0.4, -0.2) is 5.75 Å². The van der Waals surface area contributed by atoms with Gasteiger partial charge in [-0.05, 0) is 24.6 Å². The van der Waals surface area contributed by atoms with Crippen molar-refractivity contribution in [1.82, 2.24) is 0 Å². The monoisotopic (exact) mass is 243 g/mol. The van der Waals surface area contributed by atoms with Crippen LogP contribution in [0.3, 0.4) is 0 Å². The normalized spacial score (nSPS) is 12.4. The molecular formula is C15H17NS. The molecule has 1 nitrogen and oxygen atoms in total. The van der Waals surface area contributed by atoms with Gasteiger partial charge in [-0.3, -0.25) is 0 Å². The summed E-state index contributed by atoms with van der Waals surface area (Å²) in [5.41, 5.74) is 8.65. The predicted molar refractivity (Wildman–Crippen MR) is 75.3 cm³/mol. The molecule has 0 spiro atoms. The molecule has 0 saturated heterocycles. The lowest BCUT2D eigenvalue weighted by atomic mass is 10.1. The molecule has 2 N–H and O–H groups in total. The van der Waals surface area contributed by atoms with Crippen molar-refractivity contribution >= 4 is 11.8 Å². The van der Waals surface area contributed by atoms with Gasteiger partial charge in [-0.2, -0.15) is 0 Å². The quantitative estimate of drug-likeness (QED) is 0.827. The number of benzene rings is 2. The van der Waals surface area contributed by atoms with Crippen molar-refractivity contribution in [2.45, 2.75) is 17.9 Å². The summed E-state index contributed by atoms with van der Waals surface area (Å²) >= 11 is 1.81. The summed E-state index contributed by atoms with van der Waals surface area (Å²) in [7, 11) is 0. The van der Waals surface area contributed by atoms with Crippen LogP contribution >= 0.6 is 11.8 Å². The highest BCUT2D eigenvalue weighted by atomic mass is 32.2. The minimum Gasteiger partial charge on any atom is -0.323 e. The third-order valence-corrected chi connectivity index (χ3v) is 3.81. The van der Waals surface area contributed by atoms with E-state index in [1.807, 2.05) is 30.0 Å². The second-order valence-electron chi connectivity index (χ2n) is 4.14. The average Bonchev–Trinajstić information content (AvgIpc) is 2.39. The van der Waals surface area contributed by atoms with E-state index in [-0.39, 0.29) is 6.04 Å². The molecule has 2 aromatic rings. The maximum absolute atomic E-state index is 6.15. The fourth-order valence-electron chi connectivity index (χ4n) is 1.62. The van der Waals surface area contributed by atoms with Crippen LogP contribution in [0.25, 0.3) is 0 Å². The Hall–Kier alpha value is -1.25. The second kappa shape index (κ2) is 5.89. The van der Waals surface area contributed by atoms with Gasteiger partial charge in [0.25, 0.3) is 0 Å². The third-order valence-electron chi connectivity index (χ3n) is 2.68. The summed E-state index contributed by atoms with van der Waals surface area (Å²) in [6.45, 7) is 2.10. The highest BCUT2D eigenvalue weighted by Crippen LogP contribution is 2.23. The van der Waals surface area contributed by atoms with E-state index in [0.717, 1.165) is 5.75 Å². The number of aryl methyl sites for hydroxylation is 1. The molecule has 0 saturated carbocycles. The van der Waals surface area contributed by atoms with E-state index in [0.29, 0.717) is 0 Å². The van der Waals surface area contributed by atoms with Crippen molar-refractivity contribution in [2.75, 3.05) is 5.75 Å². The van der Waals surface area contributed by atoms with Gasteiger partial charge in [-0.1, -0.05) is 48.0 Å². The molecule has 0 aliphatic rings. The molecule has 0 heterocycles. The van der Waals surface area contributed by atoms with Crippen molar-refractivity contribution in [3.8, 4) is 0 Å². The molecule has 0 fully saturated rings. The van der Waals surface area contributed by atoms with Crippen LogP contribution in [0.5, 0.6) is 0 Å². The van der Waals surface area contributed by atoms with Crippen molar-refractivity contribution < 1.29 is 0 Å². The maximum Gasteiger partial charge on any atom is 0.0390 e. The van der Waals surface area contributed by atoms with Crippen molar-refractivity contribution in [1.29, 1.82) is 0 Å². The molecule has 0 radical (unpaired) electrons. The Bertz CT molecular complexity index is 450. The van der Waals surface area contributed by atoms with Gasteiger partial charge in [0.2, 0.25) is 0 Å². The summed E-state index contributed by atoms with van der Waals surface area (Å²) < 4.78 is 0. The van der Waals surface area contributed by atoms with E-state index in [1.165, 1.54) is 16.0 Å². The smallest absolute Gasteiger partial charge is 0.0390 e. The molecule has 1 atom stereocenters. The van der Waals surface area contributed by atoms with Crippen LogP contribution in [0.2, 0.25) is 0 Å². The minimum atomic E-state index is 0.0995. The van der Waals surface area contributed by atoms with E-state index >= 15 is 0 Å². The Labute approximate surface area is 107 Å². The topological polar surface area (TPSA) is 26.0 Å². The standard InChI is InChI=1S/C15H17NS/c1-12-7-9-14(10-8-12)17-11-15(16)13-5-3-2-4-6-13/h2-10,15H,11,16H2,1H3. The summed E-state index contributed by atoms with van der Waals surface area (Å²) in [5, 5.41) is 0. The predicted octanol–water partition coefficient (Wildman–Crippen LogP) is 3.79. The zero-order valence-corrected chi connectivity index (χ0v) is 10.8. The SMILES string of the molecule is Cc1ccc(SCC(N)c2ccccc2)cc1. The Balaban J connectivity index is 1.92. The molecular weight excluding hydrogens is 226 g/mol. The van der Waals surface area contributed by atoms with E-state index in [1.54, 1.807) is 0 Å². The first kappa shape index (κ1) is 12.2. The van der Waals surface area contributed by atoms with Gasteiger partial charge in [-0.25, -0.2) is 0 Å². The molecule has 0 aromatic heterocycles. The number of hydrogen-bond donors (Lipinski definition) is 1. The Morgan fingerprint density at radius 3 is 2.29 bits per heavy atom. The van der Waals surface area contributed by atoms with Crippen molar-refractivity contribution in [3.63, 3.8) is 0 Å². The van der Waals surface area contributed by atoms with Crippen LogP contribution in [-0.2, 0) is 0 Å². The van der Waals surface area contributed by atoms with Gasteiger partial charge < -0.3 is 5.73 Å². The number of thioether (sulfide) groups is 1. The molecule has 0 amide bonds. The first-order chi connectivity index (χ1) is 8.25. The second-order valence-corrected chi connectivity index (χ2v) is 5.23. The first-order valence-electron chi connectivity index (χ1n) is 5.76. The highest BCUT2D eigenvalue weighted by molar-refractivity contribution is 7.99. The average molecular weight is 243 g/mol. The minimum absolute atomic E-state index is 0.0995. The van der Waals surface area contributed by atoms with Crippen LogP contribution in [0.4, 0.5) is 0 Å². The van der Waals surface area contributed by atoms with Crippen LogP contribution < -0.4 is 5.73 Å². The molecule has 17 heavy (non-hydrogen) atoms. The molecule has 2 heteroatoms. The van der Waals surface area contributed by atoms with Crippen LogP contribution in [0.15, 0.2) is 59.5 Å². The summed E-state index contributed by atoms with van der Waals surface area (Å²) in [6.07, 6.45) is 0. The molecule has 0 aliphatic heterocycles. The molecule has 2 aromatic carbocycles. The summed E-state index contributed by atoms with van der Waals surface area (Å²) in [6, 6.07) is 18.9. The number of hydrogen-bond acceptors (Lipinski definition) is 2. The molecule has 1 unspecified atom stereocenters. The molecule has 0 aliphatic carbocycles.